The number of carboxylic acid groups (broad SMARTS) is 1. The van der Waals surface area contributed by atoms with Crippen LogP contribution in [-0.2, 0) is 17.8 Å². The van der Waals surface area contributed by atoms with Gasteiger partial charge in [0.05, 0.1) is 37.4 Å². The quantitative estimate of drug-likeness (QED) is 0.0810. The third kappa shape index (κ3) is 13.1. The molecule has 3 N–H and O–H groups in total. The highest BCUT2D eigenvalue weighted by Gasteiger charge is 2.23. The van der Waals surface area contributed by atoms with Gasteiger partial charge < -0.3 is 39.1 Å². The van der Waals surface area contributed by atoms with Gasteiger partial charge in [-0.3, -0.25) is 9.59 Å². The number of esters is 1. The van der Waals surface area contributed by atoms with E-state index in [9.17, 15) is 24.3 Å². The highest BCUT2D eigenvalue weighted by atomic mass is 16.6. The topological polar surface area (TPSA) is 150 Å². The lowest BCUT2D eigenvalue weighted by Crippen LogP contribution is -2.26. The van der Waals surface area contributed by atoms with Gasteiger partial charge in [-0.1, -0.05) is 109 Å². The van der Waals surface area contributed by atoms with Crippen LogP contribution in [0.1, 0.15) is 133 Å². The number of ether oxygens (including phenoxy) is 3. The van der Waals surface area contributed by atoms with Gasteiger partial charge >= 0.3 is 11.9 Å². The van der Waals surface area contributed by atoms with Crippen molar-refractivity contribution in [2.45, 2.75) is 93.1 Å². The Labute approximate surface area is 491 Å². The molecule has 0 unspecified atom stereocenters. The van der Waals surface area contributed by atoms with Gasteiger partial charge in [0.15, 0.2) is 0 Å². The van der Waals surface area contributed by atoms with Crippen LogP contribution in [0.3, 0.4) is 0 Å². The van der Waals surface area contributed by atoms with Crippen molar-refractivity contribution in [1.82, 2.24) is 19.8 Å². The van der Waals surface area contributed by atoms with Gasteiger partial charge in [0, 0.05) is 57.4 Å². The van der Waals surface area contributed by atoms with Crippen molar-refractivity contribution in [3.63, 3.8) is 0 Å². The number of amides is 2. The number of nitrogens with one attached hydrogen (secondary N) is 2. The summed E-state index contributed by atoms with van der Waals surface area (Å²) in [5.74, 6) is 0.00991. The predicted molar refractivity (Wildman–Crippen MR) is 335 cm³/mol. The van der Waals surface area contributed by atoms with Crippen LogP contribution in [0.2, 0.25) is 0 Å². The summed E-state index contributed by atoms with van der Waals surface area (Å²) in [6.07, 6.45) is 0. The van der Waals surface area contributed by atoms with E-state index in [1.54, 1.807) is 26.4 Å². The largest absolute Gasteiger partial charge is 0.497 e. The fourth-order valence-corrected chi connectivity index (χ4v) is 10.6. The van der Waals surface area contributed by atoms with Crippen LogP contribution in [0, 0.1) is 27.7 Å². The molecule has 2 heterocycles. The molecule has 8 aromatic carbocycles. The molecule has 0 fully saturated rings. The average Bonchev–Trinajstić information content (AvgIpc) is 3.77. The first-order chi connectivity index (χ1) is 40.2. The smallest absolute Gasteiger partial charge is 0.339 e. The second kappa shape index (κ2) is 25.2. The van der Waals surface area contributed by atoms with Crippen LogP contribution in [-0.4, -0.2) is 57.8 Å². The van der Waals surface area contributed by atoms with Crippen LogP contribution in [0.4, 0.5) is 0 Å². The number of aromatic nitrogens is 2. The molecule has 2 amide bonds. The molecule has 84 heavy (non-hydrogen) atoms. The summed E-state index contributed by atoms with van der Waals surface area (Å²) in [6, 6.07) is 57.8. The zero-order valence-electron chi connectivity index (χ0n) is 49.6. The zero-order chi connectivity index (χ0) is 60.0. The van der Waals surface area contributed by atoms with Gasteiger partial charge in [0.25, 0.3) is 11.8 Å². The molecule has 428 valence electrons. The van der Waals surface area contributed by atoms with Gasteiger partial charge in [-0.15, -0.1) is 0 Å². The van der Waals surface area contributed by atoms with E-state index in [2.05, 4.69) is 71.7 Å². The molecule has 0 saturated carbocycles. The summed E-state index contributed by atoms with van der Waals surface area (Å²) in [7, 11) is 3.27. The lowest BCUT2D eigenvalue weighted by molar-refractivity contribution is 0.00699. The molecule has 0 saturated heterocycles. The van der Waals surface area contributed by atoms with Crippen molar-refractivity contribution >= 4 is 45.6 Å². The Morgan fingerprint density at radius 3 is 1.31 bits per heavy atom. The zero-order valence-corrected chi connectivity index (χ0v) is 49.6. The lowest BCUT2D eigenvalue weighted by atomic mass is 9.98. The number of methoxy groups -OCH3 is 2. The molecule has 0 aliphatic carbocycles. The number of rotatable bonds is 16. The van der Waals surface area contributed by atoms with E-state index in [1.165, 1.54) is 0 Å². The van der Waals surface area contributed by atoms with Crippen molar-refractivity contribution < 1.29 is 38.5 Å². The van der Waals surface area contributed by atoms with Crippen LogP contribution >= 0.6 is 0 Å². The van der Waals surface area contributed by atoms with Gasteiger partial charge in [-0.05, 0) is 191 Å². The first kappa shape index (κ1) is 59.0. The Morgan fingerprint density at radius 1 is 0.500 bits per heavy atom. The summed E-state index contributed by atoms with van der Waals surface area (Å²) in [6.45, 7) is 19.3. The minimum atomic E-state index is -0.938. The molecular formula is C72H72N4O8. The molecule has 0 aliphatic rings. The van der Waals surface area contributed by atoms with E-state index in [0.29, 0.717) is 35.3 Å². The number of hydrogen-bond donors (Lipinski definition) is 3. The van der Waals surface area contributed by atoms with Crippen molar-refractivity contribution in [3.05, 3.63) is 249 Å². The predicted octanol–water partition coefficient (Wildman–Crippen LogP) is 15.6. The number of hydrogen-bond acceptors (Lipinski definition) is 7. The van der Waals surface area contributed by atoms with E-state index in [0.717, 1.165) is 94.8 Å². The third-order valence-electron chi connectivity index (χ3n) is 15.6. The standard InChI is InChI=1S/C38H40N2O4.C34H32N2O4/c1-24-26(3)40(23-27-15-17-28(18-16-27)32-13-8-9-14-33(32)37(42)44-38(4,5)6)35-20-19-30(22-34(24)35)36(41)39-25(2)29-11-10-12-31(21-29)43-7;1-21-23(3)36(20-24-12-14-25(15-13-24)29-10-5-6-11-30(29)34(38)39)32-17-16-27(19-31(21)32)33(37)35-22(2)26-8-7-9-28(18-26)40-4/h8-22,25H,23H2,1-7H3,(H,39,41);5-19,22H,20H2,1-4H3,(H,35,37)(H,38,39)/t25-;22-/m00/s1. The number of aromatic carboxylic acids is 1. The number of carbonyl (C=O) groups excluding carboxylic acids is 3. The molecule has 10 rings (SSSR count). The van der Waals surface area contributed by atoms with E-state index in [4.69, 9.17) is 14.2 Å². The first-order valence-electron chi connectivity index (χ1n) is 28.1. The molecule has 12 nitrogen and oxygen atoms in total. The maximum atomic E-state index is 13.2. The van der Waals surface area contributed by atoms with Crippen LogP contribution in [0.5, 0.6) is 11.5 Å². The second-order valence-corrected chi connectivity index (χ2v) is 22.3. The summed E-state index contributed by atoms with van der Waals surface area (Å²) >= 11 is 0. The van der Waals surface area contributed by atoms with E-state index in [1.807, 2.05) is 180 Å². The molecule has 12 heteroatoms. The number of nitrogens with zero attached hydrogens (tertiary/aromatic N) is 2. The minimum absolute atomic E-state index is 0.116. The third-order valence-corrected chi connectivity index (χ3v) is 15.6. The second-order valence-electron chi connectivity index (χ2n) is 22.3. The molecule has 0 radical (unpaired) electrons. The Balaban J connectivity index is 0.000000202. The molecule has 0 aliphatic heterocycles. The molecule has 0 bridgehead atoms. The summed E-state index contributed by atoms with van der Waals surface area (Å²) in [5, 5.41) is 17.9. The Kier molecular flexibility index (Phi) is 17.7. The Morgan fingerprint density at radius 2 is 0.905 bits per heavy atom. The van der Waals surface area contributed by atoms with E-state index >= 15 is 0 Å². The fourth-order valence-electron chi connectivity index (χ4n) is 10.6. The van der Waals surface area contributed by atoms with E-state index < -0.39 is 11.6 Å². The van der Waals surface area contributed by atoms with E-state index in [-0.39, 0.29) is 35.4 Å². The SMILES string of the molecule is COc1cccc([C@H](C)NC(=O)c2ccc3c(c2)c(C)c(C)n3Cc2ccc(-c3ccccc3C(=O)O)cc2)c1.COc1cccc([C@H](C)NC(=O)c2ccc3c(c2)c(C)c(C)n3Cc2ccc(-c3ccccc3C(=O)OC(C)(C)C)cc2)c1. The highest BCUT2D eigenvalue weighted by Crippen LogP contribution is 2.33. The summed E-state index contributed by atoms with van der Waals surface area (Å²) < 4.78 is 20.8. The molecule has 2 aromatic heterocycles. The van der Waals surface area contributed by atoms with Gasteiger partial charge in [-0.25, -0.2) is 9.59 Å². The van der Waals surface area contributed by atoms with Crippen LogP contribution in [0.25, 0.3) is 44.1 Å². The fraction of sp³-hybridized carbons (Fsp3) is 0.222. The van der Waals surface area contributed by atoms with Crippen molar-refractivity contribution in [2.75, 3.05) is 14.2 Å². The highest BCUT2D eigenvalue weighted by molar-refractivity contribution is 6.01. The van der Waals surface area contributed by atoms with Gasteiger partial charge in [0.2, 0.25) is 0 Å². The minimum Gasteiger partial charge on any atom is -0.497 e. The summed E-state index contributed by atoms with van der Waals surface area (Å²) in [5.41, 5.74) is 15.8. The average molecular weight is 1120 g/mol. The van der Waals surface area contributed by atoms with Crippen molar-refractivity contribution in [3.8, 4) is 33.8 Å². The number of fused-ring (bicyclic) bond motifs is 2. The Hall–Kier alpha value is -9.68. The first-order valence-corrected chi connectivity index (χ1v) is 28.1. The van der Waals surface area contributed by atoms with Gasteiger partial charge in [-0.2, -0.15) is 0 Å². The normalized spacial score (nSPS) is 12.0. The molecular weight excluding hydrogens is 1050 g/mol. The van der Waals surface area contributed by atoms with Crippen molar-refractivity contribution in [1.29, 1.82) is 0 Å². The maximum Gasteiger partial charge on any atom is 0.339 e. The van der Waals surface area contributed by atoms with Crippen LogP contribution in [0.15, 0.2) is 182 Å². The lowest BCUT2D eigenvalue weighted by Gasteiger charge is -2.20. The number of carbonyl (C=O) groups is 4. The molecule has 10 aromatic rings. The summed E-state index contributed by atoms with van der Waals surface area (Å²) in [4.78, 5) is 50.9. The Bertz CT molecular complexity index is 4070. The number of carboxylic acids is 1. The number of aryl methyl sites for hydroxylation is 2. The monoisotopic (exact) mass is 1120 g/mol. The maximum absolute atomic E-state index is 13.2. The number of benzene rings is 8. The molecule has 0 spiro atoms. The van der Waals surface area contributed by atoms with Crippen LogP contribution < -0.4 is 20.1 Å². The van der Waals surface area contributed by atoms with Crippen molar-refractivity contribution in [2.24, 2.45) is 0 Å². The molecule has 2 atom stereocenters. The van der Waals surface area contributed by atoms with Gasteiger partial charge in [0.1, 0.15) is 17.1 Å².